The van der Waals surface area contributed by atoms with E-state index in [0.717, 1.165) is 33.6 Å². The van der Waals surface area contributed by atoms with Crippen molar-refractivity contribution in [1.82, 2.24) is 14.9 Å². The van der Waals surface area contributed by atoms with Crippen LogP contribution in [0.15, 0.2) is 18.3 Å². The quantitative estimate of drug-likeness (QED) is 0.851. The van der Waals surface area contributed by atoms with E-state index in [2.05, 4.69) is 9.97 Å². The summed E-state index contributed by atoms with van der Waals surface area (Å²) in [6.07, 6.45) is 2.57. The smallest absolute Gasteiger partial charge is 0.265 e. The maximum atomic E-state index is 12.7. The van der Waals surface area contributed by atoms with E-state index in [-0.39, 0.29) is 12.0 Å². The molecule has 1 amide bonds. The van der Waals surface area contributed by atoms with Gasteiger partial charge in [0.15, 0.2) is 11.6 Å². The minimum absolute atomic E-state index is 0.00817. The monoisotopic (exact) mass is 346 g/mol. The molecule has 3 rings (SSSR count). The predicted octanol–water partition coefficient (Wildman–Crippen LogP) is 2.51. The number of carbonyl (C=O) groups excluding carboxylic acids is 1. The van der Waals surface area contributed by atoms with E-state index in [1.54, 1.807) is 6.20 Å². The molecule has 0 spiro atoms. The molecule has 1 unspecified atom stereocenters. The number of thiazole rings is 1. The molecule has 7 heteroatoms. The number of amides is 1. The standard InChI is InChI=1S/C17H22N4O2S/c1-11-15(24-12(2)19-11)17(22)21-9-7-13(10-21)23-14-6-5-8-18-16(14)20(3)4/h5-6,8,13H,7,9-10H2,1-4H3. The van der Waals surface area contributed by atoms with Gasteiger partial charge in [-0.15, -0.1) is 11.3 Å². The minimum Gasteiger partial charge on any atom is -0.485 e. The number of pyridine rings is 1. The highest BCUT2D eigenvalue weighted by Crippen LogP contribution is 2.28. The molecule has 1 aliphatic rings. The van der Waals surface area contributed by atoms with Crippen LogP contribution < -0.4 is 9.64 Å². The van der Waals surface area contributed by atoms with Crippen LogP contribution in [-0.2, 0) is 0 Å². The maximum Gasteiger partial charge on any atom is 0.265 e. The van der Waals surface area contributed by atoms with Crippen LogP contribution in [0, 0.1) is 13.8 Å². The molecule has 2 aromatic heterocycles. The van der Waals surface area contributed by atoms with Gasteiger partial charge in [0.1, 0.15) is 11.0 Å². The molecule has 128 valence electrons. The van der Waals surface area contributed by atoms with Crippen LogP contribution >= 0.6 is 11.3 Å². The Morgan fingerprint density at radius 3 is 2.88 bits per heavy atom. The van der Waals surface area contributed by atoms with E-state index in [1.165, 1.54) is 11.3 Å². The van der Waals surface area contributed by atoms with Crippen LogP contribution in [-0.4, -0.2) is 54.1 Å². The Balaban J connectivity index is 1.68. The van der Waals surface area contributed by atoms with E-state index in [0.29, 0.717) is 13.1 Å². The van der Waals surface area contributed by atoms with Gasteiger partial charge in [0.2, 0.25) is 0 Å². The van der Waals surface area contributed by atoms with Crippen LogP contribution in [0.4, 0.5) is 5.82 Å². The van der Waals surface area contributed by atoms with Crippen molar-refractivity contribution in [1.29, 1.82) is 0 Å². The van der Waals surface area contributed by atoms with Gasteiger partial charge in [-0.1, -0.05) is 0 Å². The molecule has 0 bridgehead atoms. The Kier molecular flexibility index (Phi) is 4.71. The second-order valence-electron chi connectivity index (χ2n) is 6.15. The first-order chi connectivity index (χ1) is 11.5. The van der Waals surface area contributed by atoms with Crippen molar-refractivity contribution in [3.63, 3.8) is 0 Å². The van der Waals surface area contributed by atoms with Crippen molar-refractivity contribution in [2.24, 2.45) is 0 Å². The molecule has 6 nitrogen and oxygen atoms in total. The van der Waals surface area contributed by atoms with Crippen LogP contribution in [0.2, 0.25) is 0 Å². The molecule has 0 N–H and O–H groups in total. The molecule has 24 heavy (non-hydrogen) atoms. The fourth-order valence-corrected chi connectivity index (χ4v) is 3.76. The summed E-state index contributed by atoms with van der Waals surface area (Å²) in [6, 6.07) is 3.78. The molecule has 2 aromatic rings. The van der Waals surface area contributed by atoms with E-state index in [4.69, 9.17) is 4.74 Å². The summed E-state index contributed by atoms with van der Waals surface area (Å²) in [5, 5.41) is 0.925. The topological polar surface area (TPSA) is 58.6 Å². The lowest BCUT2D eigenvalue weighted by Crippen LogP contribution is -2.31. The molecule has 0 aliphatic carbocycles. The first kappa shape index (κ1) is 16.7. The van der Waals surface area contributed by atoms with Crippen LogP contribution in [0.3, 0.4) is 0 Å². The second-order valence-corrected chi connectivity index (χ2v) is 7.35. The van der Waals surface area contributed by atoms with Crippen molar-refractivity contribution in [3.05, 3.63) is 33.9 Å². The average Bonchev–Trinajstić information content (AvgIpc) is 3.13. The lowest BCUT2D eigenvalue weighted by molar-refractivity contribution is 0.0776. The van der Waals surface area contributed by atoms with E-state index >= 15 is 0 Å². The highest BCUT2D eigenvalue weighted by molar-refractivity contribution is 7.13. The van der Waals surface area contributed by atoms with Crippen LogP contribution in [0.5, 0.6) is 5.75 Å². The number of ether oxygens (including phenoxy) is 1. The van der Waals surface area contributed by atoms with Crippen molar-refractivity contribution < 1.29 is 9.53 Å². The highest BCUT2D eigenvalue weighted by Gasteiger charge is 2.30. The zero-order valence-electron chi connectivity index (χ0n) is 14.4. The second kappa shape index (κ2) is 6.76. The van der Waals surface area contributed by atoms with Gasteiger partial charge < -0.3 is 14.5 Å². The van der Waals surface area contributed by atoms with E-state index in [1.807, 2.05) is 49.9 Å². The summed E-state index contributed by atoms with van der Waals surface area (Å²) in [5.41, 5.74) is 0.814. The summed E-state index contributed by atoms with van der Waals surface area (Å²) in [4.78, 5) is 25.9. The van der Waals surface area contributed by atoms with Gasteiger partial charge in [-0.2, -0.15) is 0 Å². The van der Waals surface area contributed by atoms with Gasteiger partial charge in [-0.3, -0.25) is 4.79 Å². The number of carbonyl (C=O) groups is 1. The third-order valence-corrected chi connectivity index (χ3v) is 5.06. The fraction of sp³-hybridized carbons (Fsp3) is 0.471. The average molecular weight is 346 g/mol. The third kappa shape index (κ3) is 3.36. The van der Waals surface area contributed by atoms with Gasteiger partial charge in [0.25, 0.3) is 5.91 Å². The first-order valence-corrected chi connectivity index (χ1v) is 8.79. The van der Waals surface area contributed by atoms with Crippen molar-refractivity contribution >= 4 is 23.1 Å². The van der Waals surface area contributed by atoms with Gasteiger partial charge in [-0.05, 0) is 26.0 Å². The molecular weight excluding hydrogens is 324 g/mol. The fourth-order valence-electron chi connectivity index (χ4n) is 2.87. The predicted molar refractivity (Wildman–Crippen MR) is 95.1 cm³/mol. The van der Waals surface area contributed by atoms with Crippen LogP contribution in [0.1, 0.15) is 26.8 Å². The Bertz CT molecular complexity index is 744. The summed E-state index contributed by atoms with van der Waals surface area (Å²) in [6.45, 7) is 5.11. The number of anilines is 1. The van der Waals surface area contributed by atoms with Gasteiger partial charge in [-0.25, -0.2) is 9.97 Å². The number of hydrogen-bond acceptors (Lipinski definition) is 6. The lowest BCUT2D eigenvalue weighted by atomic mass is 10.3. The molecule has 0 saturated carbocycles. The Morgan fingerprint density at radius 2 is 2.21 bits per heavy atom. The molecule has 1 saturated heterocycles. The van der Waals surface area contributed by atoms with Crippen molar-refractivity contribution in [2.75, 3.05) is 32.1 Å². The Hall–Kier alpha value is -2.15. The van der Waals surface area contributed by atoms with Gasteiger partial charge >= 0.3 is 0 Å². The number of aryl methyl sites for hydroxylation is 2. The van der Waals surface area contributed by atoms with E-state index in [9.17, 15) is 4.79 Å². The molecular formula is C17H22N4O2S. The SMILES string of the molecule is Cc1nc(C)c(C(=O)N2CCC(Oc3cccnc3N(C)C)C2)s1. The molecule has 1 aliphatic heterocycles. The normalized spacial score (nSPS) is 17.2. The molecule has 1 fully saturated rings. The maximum absolute atomic E-state index is 12.7. The van der Waals surface area contributed by atoms with E-state index < -0.39 is 0 Å². The van der Waals surface area contributed by atoms with Gasteiger partial charge in [0.05, 0.1) is 17.2 Å². The number of likely N-dealkylation sites (tertiary alicyclic amines) is 1. The van der Waals surface area contributed by atoms with Crippen LogP contribution in [0.25, 0.3) is 0 Å². The summed E-state index contributed by atoms with van der Waals surface area (Å²) in [5.74, 6) is 1.62. The number of rotatable bonds is 4. The largest absolute Gasteiger partial charge is 0.485 e. The first-order valence-electron chi connectivity index (χ1n) is 7.98. The lowest BCUT2D eigenvalue weighted by Gasteiger charge is -2.20. The summed E-state index contributed by atoms with van der Waals surface area (Å²) < 4.78 is 6.11. The number of aromatic nitrogens is 2. The molecule has 0 radical (unpaired) electrons. The minimum atomic E-state index is -0.00817. The number of hydrogen-bond donors (Lipinski definition) is 0. The highest BCUT2D eigenvalue weighted by atomic mass is 32.1. The Labute approximate surface area is 146 Å². The molecule has 3 heterocycles. The third-order valence-electron chi connectivity index (χ3n) is 4.00. The molecule has 1 atom stereocenters. The van der Waals surface area contributed by atoms with Crippen molar-refractivity contribution in [2.45, 2.75) is 26.4 Å². The summed E-state index contributed by atoms with van der Waals surface area (Å²) >= 11 is 1.46. The van der Waals surface area contributed by atoms with Crippen molar-refractivity contribution in [3.8, 4) is 5.75 Å². The number of nitrogens with zero attached hydrogens (tertiary/aromatic N) is 4. The zero-order valence-corrected chi connectivity index (χ0v) is 15.3. The Morgan fingerprint density at radius 1 is 1.42 bits per heavy atom. The zero-order chi connectivity index (χ0) is 17.3. The molecule has 0 aromatic carbocycles. The van der Waals surface area contributed by atoms with Gasteiger partial charge in [0, 0.05) is 33.3 Å². The summed E-state index contributed by atoms with van der Waals surface area (Å²) in [7, 11) is 3.88.